The number of benzene rings is 3. The highest BCUT2D eigenvalue weighted by Crippen LogP contribution is 2.41. The molecular weight excluding hydrogens is 565 g/mol. The van der Waals surface area contributed by atoms with E-state index in [9.17, 15) is 18.0 Å². The zero-order chi connectivity index (χ0) is 29.3. The highest BCUT2D eigenvalue weighted by molar-refractivity contribution is 8.14. The average Bonchev–Trinajstić information content (AvgIpc) is 3.33. The van der Waals surface area contributed by atoms with E-state index in [2.05, 4.69) is 49.1 Å². The summed E-state index contributed by atoms with van der Waals surface area (Å²) in [6.07, 6.45) is -1.49. The molecule has 1 aromatic heterocycles. The fourth-order valence-electron chi connectivity index (χ4n) is 4.99. The number of carbonyl (C=O) groups is 1. The standard InChI is InChI=1S/C30H27F3N6O2S/c1-2-19-5-3-4-6-26(19)38-15-16-42-29(38)36-28(40)35-25-17-24(25)20-7-9-21(10-8-20)27-34-18-39(37-27)22-11-13-23(14-12-22)41-30(31,32)33/h3-14,18,24-25H,2,15-17H2,1H3,(H,35,40). The van der Waals surface area contributed by atoms with Crippen LogP contribution in [0.1, 0.15) is 30.4 Å². The lowest BCUT2D eigenvalue weighted by Crippen LogP contribution is -2.29. The van der Waals surface area contributed by atoms with Crippen molar-refractivity contribution < 1.29 is 22.7 Å². The van der Waals surface area contributed by atoms with Gasteiger partial charge in [-0.25, -0.2) is 14.5 Å². The predicted molar refractivity (Wildman–Crippen MR) is 156 cm³/mol. The molecule has 2 atom stereocenters. The number of amides is 2. The molecule has 2 unspecified atom stereocenters. The third-order valence-electron chi connectivity index (χ3n) is 7.16. The minimum atomic E-state index is -4.74. The lowest BCUT2D eigenvalue weighted by molar-refractivity contribution is -0.274. The molecule has 1 N–H and O–H groups in total. The van der Waals surface area contributed by atoms with Gasteiger partial charge in [0.2, 0.25) is 0 Å². The quantitative estimate of drug-likeness (QED) is 0.261. The molecule has 8 nitrogen and oxygen atoms in total. The van der Waals surface area contributed by atoms with Crippen LogP contribution in [0.5, 0.6) is 5.75 Å². The Morgan fingerprint density at radius 1 is 1.10 bits per heavy atom. The van der Waals surface area contributed by atoms with E-state index >= 15 is 0 Å². The number of amidine groups is 1. The van der Waals surface area contributed by atoms with Gasteiger partial charge < -0.3 is 15.0 Å². The van der Waals surface area contributed by atoms with Crippen LogP contribution in [0.15, 0.2) is 84.1 Å². The first-order valence-corrected chi connectivity index (χ1v) is 14.5. The van der Waals surface area contributed by atoms with Gasteiger partial charge in [-0.15, -0.1) is 18.3 Å². The number of hydrogen-bond donors (Lipinski definition) is 1. The van der Waals surface area contributed by atoms with Crippen molar-refractivity contribution in [2.24, 2.45) is 4.99 Å². The molecule has 12 heteroatoms. The highest BCUT2D eigenvalue weighted by Gasteiger charge is 2.40. The van der Waals surface area contributed by atoms with Crippen LogP contribution in [0.2, 0.25) is 0 Å². The van der Waals surface area contributed by atoms with Crippen molar-refractivity contribution in [3.63, 3.8) is 0 Å². The summed E-state index contributed by atoms with van der Waals surface area (Å²) < 4.78 is 42.6. The van der Waals surface area contributed by atoms with Gasteiger partial charge in [0.1, 0.15) is 12.1 Å². The van der Waals surface area contributed by atoms with Crippen LogP contribution in [0, 0.1) is 0 Å². The maximum Gasteiger partial charge on any atom is 0.573 e. The fraction of sp³-hybridized carbons (Fsp3) is 0.267. The van der Waals surface area contributed by atoms with Crippen molar-refractivity contribution >= 4 is 28.6 Å². The molecule has 0 bridgehead atoms. The van der Waals surface area contributed by atoms with Gasteiger partial charge in [0.15, 0.2) is 11.0 Å². The number of urea groups is 1. The number of aryl methyl sites for hydroxylation is 1. The second-order valence-electron chi connectivity index (χ2n) is 9.95. The number of para-hydroxylation sites is 1. The van der Waals surface area contributed by atoms with Crippen LogP contribution in [-0.2, 0) is 6.42 Å². The molecule has 4 aromatic rings. The Bertz CT molecular complexity index is 1600. The number of hydrogen-bond acceptors (Lipinski definition) is 5. The van der Waals surface area contributed by atoms with Gasteiger partial charge in [0.05, 0.1) is 5.69 Å². The number of thioether (sulfide) groups is 1. The second-order valence-corrected chi connectivity index (χ2v) is 11.0. The monoisotopic (exact) mass is 592 g/mol. The Kier molecular flexibility index (Phi) is 7.63. The molecule has 1 aliphatic carbocycles. The Morgan fingerprint density at radius 3 is 2.60 bits per heavy atom. The van der Waals surface area contributed by atoms with Crippen molar-refractivity contribution in [1.29, 1.82) is 0 Å². The Balaban J connectivity index is 1.06. The molecule has 1 saturated carbocycles. The van der Waals surface area contributed by atoms with E-state index in [1.54, 1.807) is 11.8 Å². The van der Waals surface area contributed by atoms with Crippen LogP contribution in [0.4, 0.5) is 23.7 Å². The number of halogens is 3. The summed E-state index contributed by atoms with van der Waals surface area (Å²) in [5.41, 5.74) is 4.79. The van der Waals surface area contributed by atoms with E-state index < -0.39 is 6.36 Å². The number of nitrogens with one attached hydrogen (secondary N) is 1. The summed E-state index contributed by atoms with van der Waals surface area (Å²) in [5, 5.41) is 8.23. The fourth-order valence-corrected chi connectivity index (χ4v) is 5.94. The van der Waals surface area contributed by atoms with Crippen molar-refractivity contribution in [3.8, 4) is 22.8 Å². The molecule has 2 fully saturated rings. The number of carbonyl (C=O) groups excluding carboxylic acids is 1. The summed E-state index contributed by atoms with van der Waals surface area (Å²) in [6.45, 7) is 2.94. The number of aromatic nitrogens is 3. The normalized spacial score (nSPS) is 19.2. The summed E-state index contributed by atoms with van der Waals surface area (Å²) in [6, 6.07) is 21.2. The largest absolute Gasteiger partial charge is 0.573 e. The average molecular weight is 593 g/mol. The van der Waals surface area contributed by atoms with Gasteiger partial charge >= 0.3 is 12.4 Å². The van der Waals surface area contributed by atoms with Gasteiger partial charge in [-0.3, -0.25) is 0 Å². The molecule has 2 amide bonds. The van der Waals surface area contributed by atoms with Crippen LogP contribution in [0.25, 0.3) is 17.1 Å². The van der Waals surface area contributed by atoms with Crippen LogP contribution >= 0.6 is 11.8 Å². The molecule has 1 aliphatic heterocycles. The first-order chi connectivity index (χ1) is 20.3. The van der Waals surface area contributed by atoms with Gasteiger partial charge in [-0.05, 0) is 54.3 Å². The van der Waals surface area contributed by atoms with E-state index in [1.165, 1.54) is 40.8 Å². The van der Waals surface area contributed by atoms with E-state index in [0.717, 1.165) is 47.1 Å². The van der Waals surface area contributed by atoms with Crippen LogP contribution < -0.4 is 15.0 Å². The minimum absolute atomic E-state index is 0.0251. The lowest BCUT2D eigenvalue weighted by atomic mass is 10.1. The summed E-state index contributed by atoms with van der Waals surface area (Å²) in [4.78, 5) is 23.6. The van der Waals surface area contributed by atoms with Crippen molar-refractivity contribution in [1.82, 2.24) is 20.1 Å². The first-order valence-electron chi connectivity index (χ1n) is 13.5. The topological polar surface area (TPSA) is 84.6 Å². The smallest absolute Gasteiger partial charge is 0.406 e. The van der Waals surface area contributed by atoms with Crippen molar-refractivity contribution in [2.75, 3.05) is 17.2 Å². The Hall–Kier alpha value is -4.32. The van der Waals surface area contributed by atoms with Gasteiger partial charge in [0, 0.05) is 35.5 Å². The molecule has 42 heavy (non-hydrogen) atoms. The van der Waals surface area contributed by atoms with E-state index in [0.29, 0.717) is 11.5 Å². The number of anilines is 1. The molecule has 3 aromatic carbocycles. The maximum absolute atomic E-state index is 12.8. The molecule has 0 spiro atoms. The Morgan fingerprint density at radius 2 is 1.86 bits per heavy atom. The number of alkyl halides is 3. The first kappa shape index (κ1) is 27.8. The minimum Gasteiger partial charge on any atom is -0.406 e. The van der Waals surface area contributed by atoms with Crippen LogP contribution in [0.3, 0.4) is 0 Å². The number of ether oxygens (including phenoxy) is 1. The maximum atomic E-state index is 12.8. The highest BCUT2D eigenvalue weighted by atomic mass is 32.2. The predicted octanol–water partition coefficient (Wildman–Crippen LogP) is 6.57. The van der Waals surface area contributed by atoms with E-state index in [1.807, 2.05) is 36.4 Å². The summed E-state index contributed by atoms with van der Waals surface area (Å²) in [5.74, 6) is 1.27. The molecule has 6 rings (SSSR count). The van der Waals surface area contributed by atoms with Gasteiger partial charge in [0.25, 0.3) is 0 Å². The summed E-state index contributed by atoms with van der Waals surface area (Å²) in [7, 11) is 0. The molecule has 2 heterocycles. The Labute approximate surface area is 244 Å². The summed E-state index contributed by atoms with van der Waals surface area (Å²) >= 11 is 1.59. The van der Waals surface area contributed by atoms with Crippen LogP contribution in [-0.4, -0.2) is 50.7 Å². The molecule has 1 saturated heterocycles. The molecule has 2 aliphatic rings. The SMILES string of the molecule is CCc1ccccc1N1CCSC1=NC(=O)NC1CC1c1ccc(-c2ncn(-c3ccc(OC(F)(F)F)cc3)n2)cc1. The zero-order valence-electron chi connectivity index (χ0n) is 22.6. The zero-order valence-corrected chi connectivity index (χ0v) is 23.4. The number of nitrogens with zero attached hydrogens (tertiary/aromatic N) is 5. The van der Waals surface area contributed by atoms with Gasteiger partial charge in [-0.1, -0.05) is 61.2 Å². The lowest BCUT2D eigenvalue weighted by Gasteiger charge is -2.20. The third kappa shape index (κ3) is 6.28. The second kappa shape index (κ2) is 11.5. The van der Waals surface area contributed by atoms with Crippen molar-refractivity contribution in [2.45, 2.75) is 38.1 Å². The number of rotatable bonds is 7. The van der Waals surface area contributed by atoms with E-state index in [4.69, 9.17) is 0 Å². The number of aliphatic imine (C=N–C) groups is 1. The molecule has 0 radical (unpaired) electrons. The van der Waals surface area contributed by atoms with Gasteiger partial charge in [-0.2, -0.15) is 4.99 Å². The third-order valence-corrected chi connectivity index (χ3v) is 8.12. The molecule has 216 valence electrons. The van der Waals surface area contributed by atoms with Crippen molar-refractivity contribution in [3.05, 3.63) is 90.3 Å². The molecular formula is C30H27F3N6O2S. The van der Waals surface area contributed by atoms with E-state index in [-0.39, 0.29) is 23.7 Å².